The number of nitrogens with two attached hydrogens (primary N) is 1. The minimum absolute atomic E-state index is 0.0669. The molecule has 22 heavy (non-hydrogen) atoms. The van der Waals surface area contributed by atoms with Gasteiger partial charge in [0, 0.05) is 24.0 Å². The van der Waals surface area contributed by atoms with Crippen LogP contribution in [0.3, 0.4) is 0 Å². The van der Waals surface area contributed by atoms with Crippen molar-refractivity contribution in [3.63, 3.8) is 0 Å². The van der Waals surface area contributed by atoms with E-state index in [4.69, 9.17) is 5.73 Å². The maximum absolute atomic E-state index is 14.2. The molecule has 2 atom stereocenters. The monoisotopic (exact) mass is 302 g/mol. The molecule has 0 unspecified atom stereocenters. The minimum atomic E-state index is -0.405. The largest absolute Gasteiger partial charge is 0.330 e. The van der Waals surface area contributed by atoms with Gasteiger partial charge in [-0.15, -0.1) is 0 Å². The van der Waals surface area contributed by atoms with Crippen LogP contribution in [0.5, 0.6) is 0 Å². The molecule has 5 nitrogen and oxygen atoms in total. The van der Waals surface area contributed by atoms with Gasteiger partial charge in [0.15, 0.2) is 0 Å². The van der Waals surface area contributed by atoms with E-state index in [1.165, 1.54) is 12.4 Å². The Morgan fingerprint density at radius 3 is 3.00 bits per heavy atom. The molecular formula is C16H19FN4O. The fourth-order valence-electron chi connectivity index (χ4n) is 3.09. The van der Waals surface area contributed by atoms with Gasteiger partial charge in [-0.05, 0) is 43.5 Å². The van der Waals surface area contributed by atoms with E-state index in [0.29, 0.717) is 17.9 Å². The third kappa shape index (κ3) is 2.87. The average Bonchev–Trinajstić information content (AvgIpc) is 3.18. The SMILES string of the molecule is NC[C@H]1CCC[C@H]1C(=O)Nc1ccc(-n2ccnc2)c(F)c1. The van der Waals surface area contributed by atoms with Crippen LogP contribution in [0.4, 0.5) is 10.1 Å². The van der Waals surface area contributed by atoms with Gasteiger partial charge in [0.25, 0.3) is 0 Å². The molecule has 3 rings (SSSR count). The van der Waals surface area contributed by atoms with Crippen molar-refractivity contribution >= 4 is 11.6 Å². The Morgan fingerprint density at radius 1 is 1.45 bits per heavy atom. The number of hydrogen-bond donors (Lipinski definition) is 2. The van der Waals surface area contributed by atoms with Crippen molar-refractivity contribution in [1.82, 2.24) is 9.55 Å². The zero-order chi connectivity index (χ0) is 15.5. The molecule has 1 aromatic heterocycles. The maximum Gasteiger partial charge on any atom is 0.227 e. The van der Waals surface area contributed by atoms with Gasteiger partial charge in [-0.1, -0.05) is 6.42 Å². The second-order valence-electron chi connectivity index (χ2n) is 5.66. The van der Waals surface area contributed by atoms with Gasteiger partial charge in [-0.25, -0.2) is 9.37 Å². The molecule has 0 aliphatic heterocycles. The highest BCUT2D eigenvalue weighted by atomic mass is 19.1. The molecule has 0 radical (unpaired) electrons. The Hall–Kier alpha value is -2.21. The molecular weight excluding hydrogens is 283 g/mol. The van der Waals surface area contributed by atoms with E-state index in [9.17, 15) is 9.18 Å². The van der Waals surface area contributed by atoms with E-state index in [-0.39, 0.29) is 17.7 Å². The van der Waals surface area contributed by atoms with Gasteiger partial charge in [-0.2, -0.15) is 0 Å². The molecule has 1 saturated carbocycles. The van der Waals surface area contributed by atoms with Crippen LogP contribution in [-0.4, -0.2) is 22.0 Å². The molecule has 0 saturated heterocycles. The van der Waals surface area contributed by atoms with E-state index in [2.05, 4.69) is 10.3 Å². The van der Waals surface area contributed by atoms with Crippen molar-refractivity contribution in [1.29, 1.82) is 0 Å². The molecule has 2 aromatic rings. The number of imidazole rings is 1. The van der Waals surface area contributed by atoms with Gasteiger partial charge < -0.3 is 15.6 Å². The maximum atomic E-state index is 14.2. The highest BCUT2D eigenvalue weighted by Gasteiger charge is 2.31. The molecule has 1 amide bonds. The molecule has 1 aliphatic carbocycles. The van der Waals surface area contributed by atoms with Gasteiger partial charge in [0.1, 0.15) is 5.82 Å². The Bertz CT molecular complexity index is 656. The third-order valence-corrected chi connectivity index (χ3v) is 4.30. The molecule has 1 heterocycles. The van der Waals surface area contributed by atoms with Crippen LogP contribution in [-0.2, 0) is 4.79 Å². The number of benzene rings is 1. The van der Waals surface area contributed by atoms with Gasteiger partial charge in [-0.3, -0.25) is 4.79 Å². The number of carbonyl (C=O) groups is 1. The lowest BCUT2D eigenvalue weighted by Gasteiger charge is -2.17. The molecule has 3 N–H and O–H groups in total. The standard InChI is InChI=1S/C16H19FN4O/c17-14-8-12(4-5-15(14)21-7-6-19-10-21)20-16(22)13-3-1-2-11(13)9-18/h4-8,10-11,13H,1-3,9,18H2,(H,20,22)/t11-,13-/m1/s1. The van der Waals surface area contributed by atoms with Crippen LogP contribution in [0.15, 0.2) is 36.9 Å². The lowest BCUT2D eigenvalue weighted by Crippen LogP contribution is -2.29. The summed E-state index contributed by atoms with van der Waals surface area (Å²) in [5, 5.41) is 2.80. The van der Waals surface area contributed by atoms with E-state index in [1.54, 1.807) is 29.1 Å². The number of nitrogens with one attached hydrogen (secondary N) is 1. The highest BCUT2D eigenvalue weighted by Crippen LogP contribution is 2.32. The summed E-state index contributed by atoms with van der Waals surface area (Å²) in [6.45, 7) is 0.520. The summed E-state index contributed by atoms with van der Waals surface area (Å²) in [5.41, 5.74) is 6.57. The quantitative estimate of drug-likeness (QED) is 0.910. The second kappa shape index (κ2) is 6.27. The number of hydrogen-bond acceptors (Lipinski definition) is 3. The molecule has 6 heteroatoms. The smallest absolute Gasteiger partial charge is 0.227 e. The summed E-state index contributed by atoms with van der Waals surface area (Å²) in [7, 11) is 0. The Balaban J connectivity index is 1.73. The number of nitrogens with zero attached hydrogens (tertiary/aromatic N) is 2. The summed E-state index contributed by atoms with van der Waals surface area (Å²) >= 11 is 0. The molecule has 0 spiro atoms. The van der Waals surface area contributed by atoms with Crippen LogP contribution in [0.2, 0.25) is 0 Å². The third-order valence-electron chi connectivity index (χ3n) is 4.30. The van der Waals surface area contributed by atoms with Crippen LogP contribution >= 0.6 is 0 Å². The van der Waals surface area contributed by atoms with Gasteiger partial charge in [0.2, 0.25) is 5.91 Å². The Labute approximate surface area is 128 Å². The van der Waals surface area contributed by atoms with Crippen LogP contribution < -0.4 is 11.1 Å². The molecule has 1 aliphatic rings. The fourth-order valence-corrected chi connectivity index (χ4v) is 3.09. The predicted molar refractivity (Wildman–Crippen MR) is 82.0 cm³/mol. The first kappa shape index (κ1) is 14.7. The number of amides is 1. The highest BCUT2D eigenvalue weighted by molar-refractivity contribution is 5.93. The van der Waals surface area contributed by atoms with Crippen molar-refractivity contribution < 1.29 is 9.18 Å². The molecule has 1 fully saturated rings. The lowest BCUT2D eigenvalue weighted by atomic mass is 9.95. The van der Waals surface area contributed by atoms with Gasteiger partial charge in [0.05, 0.1) is 12.0 Å². The summed E-state index contributed by atoms with van der Waals surface area (Å²) in [6.07, 6.45) is 7.64. The predicted octanol–water partition coefficient (Wildman–Crippen LogP) is 2.32. The Morgan fingerprint density at radius 2 is 2.32 bits per heavy atom. The van der Waals surface area contributed by atoms with Crippen molar-refractivity contribution in [3.05, 3.63) is 42.7 Å². The summed E-state index contributed by atoms with van der Waals surface area (Å²) in [6, 6.07) is 4.66. The number of aromatic nitrogens is 2. The van der Waals surface area contributed by atoms with Crippen LogP contribution in [0, 0.1) is 17.7 Å². The van der Waals surface area contributed by atoms with Crippen molar-refractivity contribution in [2.24, 2.45) is 17.6 Å². The molecule has 116 valence electrons. The van der Waals surface area contributed by atoms with E-state index >= 15 is 0 Å². The first-order valence-corrected chi connectivity index (χ1v) is 7.48. The van der Waals surface area contributed by atoms with Crippen LogP contribution in [0.25, 0.3) is 5.69 Å². The first-order chi connectivity index (χ1) is 10.7. The van der Waals surface area contributed by atoms with Crippen molar-refractivity contribution in [3.8, 4) is 5.69 Å². The summed E-state index contributed by atoms with van der Waals surface area (Å²) in [4.78, 5) is 16.2. The lowest BCUT2D eigenvalue weighted by molar-refractivity contribution is -0.120. The summed E-state index contributed by atoms with van der Waals surface area (Å²) in [5.74, 6) is -0.309. The van der Waals surface area contributed by atoms with Crippen molar-refractivity contribution in [2.75, 3.05) is 11.9 Å². The minimum Gasteiger partial charge on any atom is -0.330 e. The van der Waals surface area contributed by atoms with E-state index < -0.39 is 5.82 Å². The summed E-state index contributed by atoms with van der Waals surface area (Å²) < 4.78 is 15.7. The van der Waals surface area contributed by atoms with Crippen LogP contribution in [0.1, 0.15) is 19.3 Å². The first-order valence-electron chi connectivity index (χ1n) is 7.48. The number of rotatable bonds is 4. The van der Waals surface area contributed by atoms with Gasteiger partial charge >= 0.3 is 0 Å². The van der Waals surface area contributed by atoms with E-state index in [0.717, 1.165) is 19.3 Å². The second-order valence-corrected chi connectivity index (χ2v) is 5.66. The average molecular weight is 302 g/mol. The zero-order valence-electron chi connectivity index (χ0n) is 12.2. The Kier molecular flexibility index (Phi) is 4.20. The molecule has 1 aromatic carbocycles. The topological polar surface area (TPSA) is 72.9 Å². The fraction of sp³-hybridized carbons (Fsp3) is 0.375. The number of anilines is 1. The normalized spacial score (nSPS) is 21.0. The number of halogens is 1. The zero-order valence-corrected chi connectivity index (χ0v) is 12.2. The van der Waals surface area contributed by atoms with Crippen molar-refractivity contribution in [2.45, 2.75) is 19.3 Å². The molecule has 0 bridgehead atoms. The van der Waals surface area contributed by atoms with E-state index in [1.807, 2.05) is 0 Å². The number of carbonyl (C=O) groups excluding carboxylic acids is 1.